The average molecular weight is 381 g/mol. The van der Waals surface area contributed by atoms with E-state index in [1.807, 2.05) is 6.07 Å². The highest BCUT2D eigenvalue weighted by atomic mass is 16.1. The molecule has 7 N–H and O–H groups in total. The lowest BCUT2D eigenvalue weighted by Gasteiger charge is -2.33. The van der Waals surface area contributed by atoms with Crippen molar-refractivity contribution in [3.63, 3.8) is 0 Å². The molecule has 3 aromatic heterocycles. The first-order valence-electron chi connectivity index (χ1n) is 9.15. The van der Waals surface area contributed by atoms with Crippen LogP contribution in [0.5, 0.6) is 0 Å². The summed E-state index contributed by atoms with van der Waals surface area (Å²) in [5, 5.41) is 7.09. The van der Waals surface area contributed by atoms with E-state index in [1.165, 1.54) is 4.52 Å². The van der Waals surface area contributed by atoms with Gasteiger partial charge < -0.3 is 27.4 Å². The van der Waals surface area contributed by atoms with Gasteiger partial charge in [-0.3, -0.25) is 9.78 Å². The van der Waals surface area contributed by atoms with Gasteiger partial charge in [0.2, 0.25) is 0 Å². The van der Waals surface area contributed by atoms with Crippen LogP contribution in [-0.4, -0.2) is 44.6 Å². The van der Waals surface area contributed by atoms with Gasteiger partial charge in [-0.25, -0.2) is 9.50 Å². The topological polar surface area (TPSA) is 153 Å². The number of hydrogen-bond acceptors (Lipinski definition) is 8. The molecule has 0 atom stereocenters. The molecule has 0 bridgehead atoms. The smallest absolute Gasteiger partial charge is 0.263 e. The van der Waals surface area contributed by atoms with Gasteiger partial charge in [0, 0.05) is 49.8 Å². The molecule has 3 aromatic rings. The predicted molar refractivity (Wildman–Crippen MR) is 107 cm³/mol. The maximum atomic E-state index is 13.0. The Morgan fingerprint density at radius 2 is 2.07 bits per heavy atom. The second-order valence-electron chi connectivity index (χ2n) is 6.87. The fraction of sp³-hybridized carbons (Fsp3) is 0.333. The fourth-order valence-electron chi connectivity index (χ4n) is 3.40. The molecule has 1 aliphatic heterocycles. The zero-order valence-electron chi connectivity index (χ0n) is 15.4. The van der Waals surface area contributed by atoms with E-state index in [0.717, 1.165) is 37.2 Å². The Labute approximate surface area is 161 Å². The molecule has 0 saturated carbocycles. The van der Waals surface area contributed by atoms with Gasteiger partial charge in [-0.15, -0.1) is 5.10 Å². The van der Waals surface area contributed by atoms with Crippen LogP contribution in [0.1, 0.15) is 28.8 Å². The summed E-state index contributed by atoms with van der Waals surface area (Å²) in [6.07, 6.45) is 8.47. The highest BCUT2D eigenvalue weighted by Gasteiger charge is 2.23. The van der Waals surface area contributed by atoms with E-state index in [2.05, 4.69) is 25.3 Å². The Hall–Kier alpha value is -3.24. The number of piperidine rings is 1. The molecule has 0 radical (unpaired) electrons. The molecule has 10 heteroatoms. The Morgan fingerprint density at radius 3 is 2.82 bits per heavy atom. The summed E-state index contributed by atoms with van der Waals surface area (Å²) < 4.78 is 1.47. The first kappa shape index (κ1) is 18.1. The number of aromatic nitrogens is 4. The van der Waals surface area contributed by atoms with Crippen molar-refractivity contribution in [1.82, 2.24) is 19.6 Å². The normalized spacial score (nSPS) is 15.1. The van der Waals surface area contributed by atoms with Gasteiger partial charge in [0.25, 0.3) is 5.91 Å². The van der Waals surface area contributed by atoms with Crippen molar-refractivity contribution >= 4 is 28.7 Å². The SMILES string of the molecule is NCc1cnc2c(C(=O)Nc3cnccc3N3CCC(N)CC3)c(N)nn2c1. The van der Waals surface area contributed by atoms with Crippen molar-refractivity contribution in [1.29, 1.82) is 0 Å². The Bertz CT molecular complexity index is 1010. The zero-order chi connectivity index (χ0) is 19.7. The molecule has 1 aliphatic rings. The highest BCUT2D eigenvalue weighted by molar-refractivity contribution is 6.12. The van der Waals surface area contributed by atoms with Crippen LogP contribution in [0.3, 0.4) is 0 Å². The minimum Gasteiger partial charge on any atom is -0.381 e. The number of carbonyl (C=O) groups excluding carboxylic acids is 1. The second kappa shape index (κ2) is 7.41. The van der Waals surface area contributed by atoms with Crippen LogP contribution in [0.2, 0.25) is 0 Å². The van der Waals surface area contributed by atoms with Gasteiger partial charge in [-0.1, -0.05) is 0 Å². The standard InChI is InChI=1S/C18H23N9O/c19-7-11-8-23-17-15(16(21)25-27(17)10-11)18(28)24-13-9-22-4-1-14(13)26-5-2-12(20)3-6-26/h1,4,8-10,12H,2-3,5-7,19-20H2,(H2,21,25)(H,24,28). The van der Waals surface area contributed by atoms with Crippen LogP contribution in [0.25, 0.3) is 5.65 Å². The molecule has 4 rings (SSSR count). The summed E-state index contributed by atoms with van der Waals surface area (Å²) >= 11 is 0. The van der Waals surface area contributed by atoms with E-state index >= 15 is 0 Å². The van der Waals surface area contributed by atoms with Gasteiger partial charge in [0.1, 0.15) is 5.56 Å². The van der Waals surface area contributed by atoms with E-state index in [-0.39, 0.29) is 23.3 Å². The summed E-state index contributed by atoms with van der Waals surface area (Å²) in [6, 6.07) is 2.11. The van der Waals surface area contributed by atoms with Gasteiger partial charge >= 0.3 is 0 Å². The van der Waals surface area contributed by atoms with E-state index in [4.69, 9.17) is 17.2 Å². The molecule has 28 heavy (non-hydrogen) atoms. The van der Waals surface area contributed by atoms with Crippen molar-refractivity contribution < 1.29 is 4.79 Å². The lowest BCUT2D eigenvalue weighted by molar-refractivity contribution is 0.102. The highest BCUT2D eigenvalue weighted by Crippen LogP contribution is 2.28. The lowest BCUT2D eigenvalue weighted by atomic mass is 10.1. The van der Waals surface area contributed by atoms with E-state index in [9.17, 15) is 4.79 Å². The van der Waals surface area contributed by atoms with Crippen molar-refractivity contribution in [3.8, 4) is 0 Å². The third kappa shape index (κ3) is 3.35. The van der Waals surface area contributed by atoms with Crippen LogP contribution in [0.15, 0.2) is 30.9 Å². The number of rotatable bonds is 4. The molecule has 1 saturated heterocycles. The number of nitrogens with two attached hydrogens (primary N) is 3. The molecular formula is C18H23N9O. The number of hydrogen-bond donors (Lipinski definition) is 4. The van der Waals surface area contributed by atoms with Crippen LogP contribution in [-0.2, 0) is 6.54 Å². The number of fused-ring (bicyclic) bond motifs is 1. The maximum absolute atomic E-state index is 13.0. The van der Waals surface area contributed by atoms with Crippen LogP contribution < -0.4 is 27.4 Å². The minimum absolute atomic E-state index is 0.105. The maximum Gasteiger partial charge on any atom is 0.263 e. The molecule has 4 heterocycles. The summed E-state index contributed by atoms with van der Waals surface area (Å²) in [6.45, 7) is 1.98. The summed E-state index contributed by atoms with van der Waals surface area (Å²) in [5.41, 5.74) is 20.5. The molecule has 0 unspecified atom stereocenters. The summed E-state index contributed by atoms with van der Waals surface area (Å²) in [7, 11) is 0. The third-order valence-electron chi connectivity index (χ3n) is 4.94. The van der Waals surface area contributed by atoms with E-state index in [0.29, 0.717) is 17.9 Å². The summed E-state index contributed by atoms with van der Waals surface area (Å²) in [4.78, 5) is 23.6. The Kier molecular flexibility index (Phi) is 4.80. The van der Waals surface area contributed by atoms with Gasteiger partial charge in [0.15, 0.2) is 11.5 Å². The number of nitrogens with one attached hydrogen (secondary N) is 1. The second-order valence-corrected chi connectivity index (χ2v) is 6.87. The molecule has 146 valence electrons. The Morgan fingerprint density at radius 1 is 1.29 bits per heavy atom. The van der Waals surface area contributed by atoms with Crippen LogP contribution in [0.4, 0.5) is 17.2 Å². The largest absolute Gasteiger partial charge is 0.381 e. The first-order valence-corrected chi connectivity index (χ1v) is 9.15. The number of amides is 1. The molecular weight excluding hydrogens is 358 g/mol. The molecule has 0 aliphatic carbocycles. The van der Waals surface area contributed by atoms with Crippen molar-refractivity contribution in [3.05, 3.63) is 42.0 Å². The lowest BCUT2D eigenvalue weighted by Crippen LogP contribution is -2.40. The number of pyridine rings is 1. The number of nitrogen functional groups attached to an aromatic ring is 1. The molecule has 0 spiro atoms. The molecule has 1 fully saturated rings. The third-order valence-corrected chi connectivity index (χ3v) is 4.94. The van der Waals surface area contributed by atoms with Gasteiger partial charge in [-0.2, -0.15) is 0 Å². The van der Waals surface area contributed by atoms with Crippen LogP contribution >= 0.6 is 0 Å². The number of nitrogens with zero attached hydrogens (tertiary/aromatic N) is 5. The quantitative estimate of drug-likeness (QED) is 0.505. The Balaban J connectivity index is 1.63. The van der Waals surface area contributed by atoms with E-state index < -0.39 is 0 Å². The van der Waals surface area contributed by atoms with Gasteiger partial charge in [-0.05, 0) is 18.9 Å². The molecule has 10 nitrogen and oxygen atoms in total. The number of carbonyl (C=O) groups is 1. The average Bonchev–Trinajstić information content (AvgIpc) is 3.04. The van der Waals surface area contributed by atoms with Crippen molar-refractivity contribution in [2.75, 3.05) is 29.0 Å². The van der Waals surface area contributed by atoms with Crippen molar-refractivity contribution in [2.45, 2.75) is 25.4 Å². The molecule has 1 amide bonds. The fourth-order valence-corrected chi connectivity index (χ4v) is 3.40. The van der Waals surface area contributed by atoms with Crippen molar-refractivity contribution in [2.24, 2.45) is 11.5 Å². The van der Waals surface area contributed by atoms with E-state index in [1.54, 1.807) is 24.8 Å². The first-order chi connectivity index (χ1) is 13.6. The van der Waals surface area contributed by atoms with Crippen LogP contribution in [0, 0.1) is 0 Å². The van der Waals surface area contributed by atoms with Gasteiger partial charge in [0.05, 0.1) is 17.6 Å². The number of anilines is 3. The predicted octanol–water partition coefficient (Wildman–Crippen LogP) is 0.345. The molecule has 0 aromatic carbocycles. The zero-order valence-corrected chi connectivity index (χ0v) is 15.4. The minimum atomic E-state index is -0.386. The summed E-state index contributed by atoms with van der Waals surface area (Å²) in [5.74, 6) is -0.281. The monoisotopic (exact) mass is 381 g/mol.